The quantitative estimate of drug-likeness (QED) is 0.800. The van der Waals surface area contributed by atoms with Crippen LogP contribution >= 0.6 is 0 Å². The molecule has 0 aliphatic heterocycles. The van der Waals surface area contributed by atoms with Gasteiger partial charge in [0.25, 0.3) is 0 Å². The summed E-state index contributed by atoms with van der Waals surface area (Å²) in [6, 6.07) is 6.51. The van der Waals surface area contributed by atoms with Crippen LogP contribution in [0.25, 0.3) is 0 Å². The number of rotatable bonds is 7. The number of carbonyl (C=O) groups excluding carboxylic acids is 1. The molecule has 22 heavy (non-hydrogen) atoms. The zero-order chi connectivity index (χ0) is 16.8. The molecule has 2 N–H and O–H groups in total. The van der Waals surface area contributed by atoms with Crippen molar-refractivity contribution in [1.82, 2.24) is 14.9 Å². The largest absolute Gasteiger partial charge is 0.337 e. The van der Waals surface area contributed by atoms with Crippen LogP contribution in [0.15, 0.2) is 29.2 Å². The lowest BCUT2D eigenvalue weighted by Gasteiger charge is -2.18. The number of aryl methyl sites for hydroxylation is 1. The molecule has 0 saturated heterocycles. The highest BCUT2D eigenvalue weighted by molar-refractivity contribution is 7.89. The number of sulfonamides is 1. The fourth-order valence-electron chi connectivity index (χ4n) is 1.71. The van der Waals surface area contributed by atoms with Gasteiger partial charge in [0.05, 0.1) is 4.90 Å². The molecule has 1 aromatic rings. The standard InChI is InChI=1S/C15H25N3O3S/c1-5-13(3)17-15(19)16-10-11-18(4)22(20,21)14-8-6-12(2)7-9-14/h6-9,13H,5,10-11H2,1-4H3,(H2,16,17,19). The second-order valence-corrected chi connectivity index (χ2v) is 7.39. The molecule has 0 spiro atoms. The van der Waals surface area contributed by atoms with E-state index in [0.717, 1.165) is 12.0 Å². The minimum Gasteiger partial charge on any atom is -0.337 e. The number of nitrogens with one attached hydrogen (secondary N) is 2. The summed E-state index contributed by atoms with van der Waals surface area (Å²) < 4.78 is 25.9. The molecular formula is C15H25N3O3S. The smallest absolute Gasteiger partial charge is 0.315 e. The Morgan fingerprint density at radius 2 is 1.86 bits per heavy atom. The van der Waals surface area contributed by atoms with E-state index in [1.54, 1.807) is 24.3 Å². The molecule has 1 atom stereocenters. The predicted molar refractivity (Wildman–Crippen MR) is 87.3 cm³/mol. The summed E-state index contributed by atoms with van der Waals surface area (Å²) in [4.78, 5) is 11.8. The molecule has 0 saturated carbocycles. The highest BCUT2D eigenvalue weighted by atomic mass is 32.2. The van der Waals surface area contributed by atoms with E-state index in [2.05, 4.69) is 10.6 Å². The monoisotopic (exact) mass is 327 g/mol. The molecule has 2 amide bonds. The average Bonchev–Trinajstić information content (AvgIpc) is 2.47. The minimum atomic E-state index is -3.52. The molecular weight excluding hydrogens is 302 g/mol. The van der Waals surface area contributed by atoms with Crippen LogP contribution in [-0.4, -0.2) is 44.9 Å². The summed E-state index contributed by atoms with van der Waals surface area (Å²) in [5.41, 5.74) is 1.00. The first-order chi connectivity index (χ1) is 10.3. The van der Waals surface area contributed by atoms with Gasteiger partial charge in [-0.2, -0.15) is 4.31 Å². The molecule has 1 unspecified atom stereocenters. The molecule has 0 aliphatic carbocycles. The van der Waals surface area contributed by atoms with Gasteiger partial charge in [0.1, 0.15) is 0 Å². The van der Waals surface area contributed by atoms with Crippen LogP contribution in [0.4, 0.5) is 4.79 Å². The third-order valence-electron chi connectivity index (χ3n) is 3.43. The molecule has 0 aliphatic rings. The van der Waals surface area contributed by atoms with E-state index in [4.69, 9.17) is 0 Å². The Morgan fingerprint density at radius 1 is 1.27 bits per heavy atom. The van der Waals surface area contributed by atoms with Crippen LogP contribution < -0.4 is 10.6 Å². The number of nitrogens with zero attached hydrogens (tertiary/aromatic N) is 1. The second kappa shape index (κ2) is 8.14. The summed E-state index contributed by atoms with van der Waals surface area (Å²) in [6.07, 6.45) is 0.842. The van der Waals surface area contributed by atoms with E-state index in [-0.39, 0.29) is 30.1 Å². The Kier molecular flexibility index (Phi) is 6.83. The van der Waals surface area contributed by atoms with Crippen LogP contribution in [-0.2, 0) is 10.0 Å². The molecule has 1 aromatic carbocycles. The lowest BCUT2D eigenvalue weighted by Crippen LogP contribution is -2.43. The molecule has 6 nitrogen and oxygen atoms in total. The van der Waals surface area contributed by atoms with Crippen molar-refractivity contribution in [3.8, 4) is 0 Å². The van der Waals surface area contributed by atoms with Gasteiger partial charge >= 0.3 is 6.03 Å². The average molecular weight is 327 g/mol. The number of amides is 2. The van der Waals surface area contributed by atoms with E-state index < -0.39 is 10.0 Å². The van der Waals surface area contributed by atoms with Gasteiger partial charge in [-0.15, -0.1) is 0 Å². The zero-order valence-corrected chi connectivity index (χ0v) is 14.4. The number of hydrogen-bond acceptors (Lipinski definition) is 3. The maximum Gasteiger partial charge on any atom is 0.315 e. The Morgan fingerprint density at radius 3 is 2.41 bits per heavy atom. The summed E-state index contributed by atoms with van der Waals surface area (Å²) in [5, 5.41) is 5.42. The van der Waals surface area contributed by atoms with Crippen LogP contribution in [0.5, 0.6) is 0 Å². The van der Waals surface area contributed by atoms with E-state index in [9.17, 15) is 13.2 Å². The second-order valence-electron chi connectivity index (χ2n) is 5.35. The topological polar surface area (TPSA) is 78.5 Å². The van der Waals surface area contributed by atoms with Gasteiger partial charge < -0.3 is 10.6 Å². The molecule has 1 rings (SSSR count). The van der Waals surface area contributed by atoms with Crippen molar-refractivity contribution < 1.29 is 13.2 Å². The van der Waals surface area contributed by atoms with Gasteiger partial charge in [-0.05, 0) is 32.4 Å². The van der Waals surface area contributed by atoms with E-state index in [1.807, 2.05) is 20.8 Å². The molecule has 0 aromatic heterocycles. The van der Waals surface area contributed by atoms with Crippen LogP contribution in [0, 0.1) is 6.92 Å². The Hall–Kier alpha value is -1.60. The predicted octanol–water partition coefficient (Wildman–Crippen LogP) is 1.71. The highest BCUT2D eigenvalue weighted by Crippen LogP contribution is 2.14. The van der Waals surface area contributed by atoms with Crippen molar-refractivity contribution in [3.05, 3.63) is 29.8 Å². The normalized spacial score (nSPS) is 13.0. The van der Waals surface area contributed by atoms with Gasteiger partial charge in [0, 0.05) is 26.2 Å². The van der Waals surface area contributed by atoms with Crippen molar-refractivity contribution in [2.45, 2.75) is 38.1 Å². The summed E-state index contributed by atoms with van der Waals surface area (Å²) in [6.45, 7) is 6.26. The van der Waals surface area contributed by atoms with Crippen molar-refractivity contribution in [1.29, 1.82) is 0 Å². The number of urea groups is 1. The molecule has 7 heteroatoms. The Bertz CT molecular complexity index is 585. The SMILES string of the molecule is CCC(C)NC(=O)NCCN(C)S(=O)(=O)c1ccc(C)cc1. The summed E-state index contributed by atoms with van der Waals surface area (Å²) in [5.74, 6) is 0. The van der Waals surface area contributed by atoms with Gasteiger partial charge in [-0.3, -0.25) is 0 Å². The maximum absolute atomic E-state index is 12.3. The van der Waals surface area contributed by atoms with E-state index in [0.29, 0.717) is 0 Å². The summed E-state index contributed by atoms with van der Waals surface area (Å²) in [7, 11) is -2.02. The number of hydrogen-bond donors (Lipinski definition) is 2. The van der Waals surface area contributed by atoms with Crippen LogP contribution in [0.2, 0.25) is 0 Å². The van der Waals surface area contributed by atoms with Gasteiger partial charge in [-0.1, -0.05) is 24.6 Å². The van der Waals surface area contributed by atoms with Crippen molar-refractivity contribution in [3.63, 3.8) is 0 Å². The van der Waals surface area contributed by atoms with Gasteiger partial charge in [-0.25, -0.2) is 13.2 Å². The number of benzene rings is 1. The van der Waals surface area contributed by atoms with Crippen molar-refractivity contribution >= 4 is 16.1 Å². The first-order valence-corrected chi connectivity index (χ1v) is 8.78. The molecule has 0 radical (unpaired) electrons. The first kappa shape index (κ1) is 18.4. The number of carbonyl (C=O) groups is 1. The number of likely N-dealkylation sites (N-methyl/N-ethyl adjacent to an activating group) is 1. The third kappa shape index (κ3) is 5.31. The fourth-order valence-corrected chi connectivity index (χ4v) is 2.89. The van der Waals surface area contributed by atoms with Crippen molar-refractivity contribution in [2.24, 2.45) is 0 Å². The van der Waals surface area contributed by atoms with E-state index >= 15 is 0 Å². The summed E-state index contributed by atoms with van der Waals surface area (Å²) >= 11 is 0. The highest BCUT2D eigenvalue weighted by Gasteiger charge is 2.20. The maximum atomic E-state index is 12.3. The fraction of sp³-hybridized carbons (Fsp3) is 0.533. The van der Waals surface area contributed by atoms with Crippen LogP contribution in [0.1, 0.15) is 25.8 Å². The zero-order valence-electron chi connectivity index (χ0n) is 13.6. The van der Waals surface area contributed by atoms with Gasteiger partial charge in [0.15, 0.2) is 0 Å². The minimum absolute atomic E-state index is 0.0917. The lowest BCUT2D eigenvalue weighted by atomic mass is 10.2. The lowest BCUT2D eigenvalue weighted by molar-refractivity contribution is 0.237. The first-order valence-electron chi connectivity index (χ1n) is 7.34. The van der Waals surface area contributed by atoms with Crippen LogP contribution in [0.3, 0.4) is 0 Å². The Labute approximate surface area is 132 Å². The Balaban J connectivity index is 2.52. The molecule has 124 valence electrons. The van der Waals surface area contributed by atoms with E-state index in [1.165, 1.54) is 11.4 Å². The van der Waals surface area contributed by atoms with Crippen molar-refractivity contribution in [2.75, 3.05) is 20.1 Å². The third-order valence-corrected chi connectivity index (χ3v) is 5.30. The molecule has 0 heterocycles. The van der Waals surface area contributed by atoms with Gasteiger partial charge in [0.2, 0.25) is 10.0 Å². The molecule has 0 fully saturated rings. The molecule has 0 bridgehead atoms.